The molecule has 0 bridgehead atoms. The monoisotopic (exact) mass is 426 g/mol. The first kappa shape index (κ1) is 20.7. The zero-order valence-electron chi connectivity index (χ0n) is 19.8. The van der Waals surface area contributed by atoms with Crippen molar-refractivity contribution >= 4 is 5.91 Å². The molecule has 6 rings (SSSR count). The van der Waals surface area contributed by atoms with Gasteiger partial charge >= 0.3 is 0 Å². The van der Waals surface area contributed by atoms with E-state index in [2.05, 4.69) is 31.4 Å². The summed E-state index contributed by atoms with van der Waals surface area (Å²) in [5, 5.41) is 7.02. The Labute approximate surface area is 188 Å². The SMILES string of the molecule is CC1=C2CC3C(CCC4CNC(=O)CCC43C)C2CC[C@@]2(C1)OC1CCCNC1C2C. The first-order valence-electron chi connectivity index (χ1n) is 13.3. The number of hydrogen-bond donors (Lipinski definition) is 2. The zero-order chi connectivity index (χ0) is 21.4. The molecule has 31 heavy (non-hydrogen) atoms. The van der Waals surface area contributed by atoms with E-state index >= 15 is 0 Å². The Morgan fingerprint density at radius 2 is 2.00 bits per heavy atom. The van der Waals surface area contributed by atoms with Crippen molar-refractivity contribution < 1.29 is 9.53 Å². The van der Waals surface area contributed by atoms with Gasteiger partial charge in [-0.1, -0.05) is 25.0 Å². The predicted molar refractivity (Wildman–Crippen MR) is 123 cm³/mol. The van der Waals surface area contributed by atoms with E-state index in [4.69, 9.17) is 4.74 Å². The van der Waals surface area contributed by atoms with Crippen LogP contribution in [0.4, 0.5) is 0 Å². The lowest BCUT2D eigenvalue weighted by molar-refractivity contribution is -0.121. The number of fused-ring (bicyclic) bond motifs is 6. The summed E-state index contributed by atoms with van der Waals surface area (Å²) >= 11 is 0. The summed E-state index contributed by atoms with van der Waals surface area (Å²) < 4.78 is 6.95. The van der Waals surface area contributed by atoms with Crippen molar-refractivity contribution in [3.63, 3.8) is 0 Å². The molecule has 3 aliphatic heterocycles. The molecule has 3 saturated heterocycles. The second-order valence-corrected chi connectivity index (χ2v) is 12.3. The molecule has 0 aromatic carbocycles. The molecule has 6 aliphatic rings. The third-order valence-electron chi connectivity index (χ3n) is 11.2. The van der Waals surface area contributed by atoms with Crippen LogP contribution in [-0.4, -0.2) is 36.7 Å². The molecule has 3 heterocycles. The minimum Gasteiger partial charge on any atom is -0.369 e. The van der Waals surface area contributed by atoms with Crippen molar-refractivity contribution in [1.82, 2.24) is 10.6 Å². The Morgan fingerprint density at radius 1 is 1.13 bits per heavy atom. The summed E-state index contributed by atoms with van der Waals surface area (Å²) in [6, 6.07) is 0.558. The molecule has 3 aliphatic carbocycles. The fourth-order valence-electron chi connectivity index (χ4n) is 9.33. The van der Waals surface area contributed by atoms with Gasteiger partial charge < -0.3 is 15.4 Å². The Balaban J connectivity index is 1.29. The molecule has 9 atom stereocenters. The van der Waals surface area contributed by atoms with E-state index in [0.29, 0.717) is 29.4 Å². The topological polar surface area (TPSA) is 50.4 Å². The van der Waals surface area contributed by atoms with Crippen molar-refractivity contribution in [2.45, 2.75) is 103 Å². The predicted octanol–water partition coefficient (Wildman–Crippen LogP) is 4.59. The molecule has 2 saturated carbocycles. The van der Waals surface area contributed by atoms with Crippen LogP contribution in [0, 0.1) is 35.0 Å². The molecule has 8 unspecified atom stereocenters. The van der Waals surface area contributed by atoms with Gasteiger partial charge in [-0.2, -0.15) is 0 Å². The number of carbonyl (C=O) groups excluding carboxylic acids is 1. The van der Waals surface area contributed by atoms with Gasteiger partial charge in [-0.15, -0.1) is 0 Å². The highest BCUT2D eigenvalue weighted by Crippen LogP contribution is 2.63. The Bertz CT molecular complexity index is 792. The standard InChI is InChI=1S/C27H42N2O2/c1-16-14-27(17(2)25-23(31-27)5-4-12-28-25)11-8-19-20-7-6-18-15-29-24(30)9-10-26(18,3)22(20)13-21(16)19/h17-20,22-23,25,28H,4-15H2,1-3H3,(H,29,30)/t17?,18?,19?,20?,22?,23?,25?,26?,27-/m0/s1. The van der Waals surface area contributed by atoms with E-state index < -0.39 is 0 Å². The summed E-state index contributed by atoms with van der Waals surface area (Å²) in [6.07, 6.45) is 12.4. The zero-order valence-corrected chi connectivity index (χ0v) is 19.8. The molecule has 1 spiro atoms. The fraction of sp³-hybridized carbons (Fsp3) is 0.889. The van der Waals surface area contributed by atoms with Crippen LogP contribution in [0.2, 0.25) is 0 Å². The average molecular weight is 427 g/mol. The lowest BCUT2D eigenvalue weighted by Crippen LogP contribution is -2.46. The Morgan fingerprint density at radius 3 is 2.84 bits per heavy atom. The van der Waals surface area contributed by atoms with Gasteiger partial charge in [0.1, 0.15) is 0 Å². The number of rotatable bonds is 0. The highest BCUT2D eigenvalue weighted by molar-refractivity contribution is 5.76. The molecular weight excluding hydrogens is 384 g/mol. The Hall–Kier alpha value is -0.870. The lowest BCUT2D eigenvalue weighted by atomic mass is 9.55. The minimum atomic E-state index is 0.0589. The second-order valence-electron chi connectivity index (χ2n) is 12.3. The van der Waals surface area contributed by atoms with E-state index in [9.17, 15) is 4.79 Å². The molecule has 0 radical (unpaired) electrons. The van der Waals surface area contributed by atoms with Gasteiger partial charge in [-0.05, 0) is 100 Å². The number of piperidine rings is 1. The summed E-state index contributed by atoms with van der Waals surface area (Å²) in [5.74, 6) is 3.91. The van der Waals surface area contributed by atoms with Crippen molar-refractivity contribution in [2.75, 3.05) is 13.1 Å². The van der Waals surface area contributed by atoms with Crippen molar-refractivity contribution in [3.05, 3.63) is 11.1 Å². The van der Waals surface area contributed by atoms with Crippen LogP contribution in [0.5, 0.6) is 0 Å². The smallest absolute Gasteiger partial charge is 0.220 e. The maximum atomic E-state index is 12.2. The van der Waals surface area contributed by atoms with Crippen LogP contribution in [0.25, 0.3) is 0 Å². The van der Waals surface area contributed by atoms with Gasteiger partial charge in [-0.3, -0.25) is 4.79 Å². The molecule has 0 aromatic heterocycles. The number of carbonyl (C=O) groups is 1. The van der Waals surface area contributed by atoms with E-state index in [0.717, 1.165) is 50.1 Å². The summed E-state index contributed by atoms with van der Waals surface area (Å²) in [7, 11) is 0. The quantitative estimate of drug-likeness (QED) is 0.557. The first-order valence-corrected chi connectivity index (χ1v) is 13.3. The third-order valence-corrected chi connectivity index (χ3v) is 11.2. The van der Waals surface area contributed by atoms with Gasteiger partial charge in [0, 0.05) is 24.9 Å². The first-order chi connectivity index (χ1) is 14.9. The van der Waals surface area contributed by atoms with Crippen LogP contribution in [0.3, 0.4) is 0 Å². The molecular formula is C27H42N2O2. The van der Waals surface area contributed by atoms with Crippen LogP contribution in [-0.2, 0) is 9.53 Å². The molecule has 4 heteroatoms. The Kier molecular flexibility index (Phi) is 4.89. The maximum Gasteiger partial charge on any atom is 0.220 e. The molecule has 0 aromatic rings. The van der Waals surface area contributed by atoms with Gasteiger partial charge in [0.25, 0.3) is 0 Å². The highest BCUT2D eigenvalue weighted by atomic mass is 16.5. The number of amides is 1. The van der Waals surface area contributed by atoms with E-state index in [1.54, 1.807) is 11.1 Å². The maximum absolute atomic E-state index is 12.2. The number of hydrogen-bond acceptors (Lipinski definition) is 3. The normalized spacial score (nSPS) is 52.0. The van der Waals surface area contributed by atoms with E-state index in [1.165, 1.54) is 44.9 Å². The fourth-order valence-corrected chi connectivity index (χ4v) is 9.33. The molecule has 5 fully saturated rings. The molecule has 4 nitrogen and oxygen atoms in total. The van der Waals surface area contributed by atoms with Crippen molar-refractivity contribution in [1.29, 1.82) is 0 Å². The van der Waals surface area contributed by atoms with Gasteiger partial charge in [-0.25, -0.2) is 0 Å². The van der Waals surface area contributed by atoms with Gasteiger partial charge in [0.05, 0.1) is 11.7 Å². The third kappa shape index (κ3) is 3.03. The van der Waals surface area contributed by atoms with Crippen LogP contribution < -0.4 is 10.6 Å². The second kappa shape index (κ2) is 7.32. The van der Waals surface area contributed by atoms with Crippen LogP contribution in [0.15, 0.2) is 11.1 Å². The van der Waals surface area contributed by atoms with Gasteiger partial charge in [0.2, 0.25) is 5.91 Å². The molecule has 2 N–H and O–H groups in total. The summed E-state index contributed by atoms with van der Waals surface area (Å²) in [4.78, 5) is 12.2. The van der Waals surface area contributed by atoms with Gasteiger partial charge in [0.15, 0.2) is 0 Å². The molecule has 172 valence electrons. The lowest BCUT2D eigenvalue weighted by Gasteiger charge is -2.49. The van der Waals surface area contributed by atoms with E-state index in [1.807, 2.05) is 0 Å². The number of nitrogens with one attached hydrogen (secondary N) is 2. The average Bonchev–Trinajstić information content (AvgIpc) is 3.16. The number of allylic oxidation sites excluding steroid dienone is 1. The van der Waals surface area contributed by atoms with E-state index in [-0.39, 0.29) is 11.5 Å². The van der Waals surface area contributed by atoms with Crippen LogP contribution in [0.1, 0.15) is 85.0 Å². The largest absolute Gasteiger partial charge is 0.369 e. The summed E-state index contributed by atoms with van der Waals surface area (Å²) in [5.41, 5.74) is 3.85. The summed E-state index contributed by atoms with van der Waals surface area (Å²) in [6.45, 7) is 9.51. The minimum absolute atomic E-state index is 0.0589. The molecule has 1 amide bonds. The number of ether oxygens (including phenoxy) is 1. The van der Waals surface area contributed by atoms with Crippen molar-refractivity contribution in [2.24, 2.45) is 35.0 Å². The van der Waals surface area contributed by atoms with Crippen LogP contribution >= 0.6 is 0 Å². The highest BCUT2D eigenvalue weighted by Gasteiger charge is 2.58. The van der Waals surface area contributed by atoms with Crippen molar-refractivity contribution in [3.8, 4) is 0 Å².